The fourth-order valence-corrected chi connectivity index (χ4v) is 2.74. The Balaban J connectivity index is 1.80. The third-order valence-corrected chi connectivity index (χ3v) is 3.78. The summed E-state index contributed by atoms with van der Waals surface area (Å²) in [6, 6.07) is 19.8. The smallest absolute Gasteiger partial charge is 0.127 e. The third kappa shape index (κ3) is 3.24. The second-order valence-corrected chi connectivity index (χ2v) is 5.26. The van der Waals surface area contributed by atoms with Gasteiger partial charge in [-0.1, -0.05) is 30.3 Å². The summed E-state index contributed by atoms with van der Waals surface area (Å²) in [7, 11) is 0. The van der Waals surface area contributed by atoms with Crippen molar-refractivity contribution in [2.45, 2.75) is 18.9 Å². The first kappa shape index (κ1) is 13.7. The summed E-state index contributed by atoms with van der Waals surface area (Å²) in [6.07, 6.45) is 2.36. The molecule has 3 rings (SSSR count). The van der Waals surface area contributed by atoms with Crippen LogP contribution in [0.25, 0.3) is 0 Å². The number of hydrogen-bond donors (Lipinski definition) is 0. The normalized spacial score (nSPS) is 16.3. The molecule has 0 N–H and O–H groups in total. The van der Waals surface area contributed by atoms with Crippen molar-refractivity contribution in [3.63, 3.8) is 0 Å². The van der Waals surface area contributed by atoms with E-state index in [4.69, 9.17) is 4.74 Å². The van der Waals surface area contributed by atoms with Crippen LogP contribution in [0, 0.1) is 11.3 Å². The quantitative estimate of drug-likeness (QED) is 0.843. The third-order valence-electron chi connectivity index (χ3n) is 3.78. The van der Waals surface area contributed by atoms with Crippen LogP contribution in [0.2, 0.25) is 0 Å². The van der Waals surface area contributed by atoms with Gasteiger partial charge in [0.05, 0.1) is 6.07 Å². The van der Waals surface area contributed by atoms with Gasteiger partial charge in [0.2, 0.25) is 0 Å². The zero-order valence-corrected chi connectivity index (χ0v) is 11.9. The molecule has 1 heterocycles. The summed E-state index contributed by atoms with van der Waals surface area (Å²) >= 11 is 0. The average Bonchev–Trinajstić information content (AvgIpc) is 3.04. The lowest BCUT2D eigenvalue weighted by Gasteiger charge is -2.21. The number of para-hydroxylation sites is 1. The molecule has 3 heteroatoms. The van der Waals surface area contributed by atoms with Gasteiger partial charge in [0.15, 0.2) is 0 Å². The highest BCUT2D eigenvalue weighted by molar-refractivity contribution is 5.36. The Labute approximate surface area is 125 Å². The fraction of sp³-hybridized carbons (Fsp3) is 0.278. The Morgan fingerprint density at radius 3 is 2.38 bits per heavy atom. The van der Waals surface area contributed by atoms with Crippen molar-refractivity contribution in [1.29, 1.82) is 5.26 Å². The number of nitrogens with zero attached hydrogens (tertiary/aromatic N) is 2. The van der Waals surface area contributed by atoms with Gasteiger partial charge < -0.3 is 4.74 Å². The van der Waals surface area contributed by atoms with Gasteiger partial charge in [-0.25, -0.2) is 0 Å². The summed E-state index contributed by atoms with van der Waals surface area (Å²) in [5.74, 6) is 1.59. The van der Waals surface area contributed by atoms with E-state index in [1.807, 2.05) is 54.6 Å². The molecule has 1 aliphatic rings. The first-order valence-corrected chi connectivity index (χ1v) is 7.33. The predicted octanol–water partition coefficient (Wildman–Crippen LogP) is 4.14. The second kappa shape index (κ2) is 6.43. The summed E-state index contributed by atoms with van der Waals surface area (Å²) in [5, 5.41) is 9.49. The van der Waals surface area contributed by atoms with Crippen molar-refractivity contribution in [2.75, 3.05) is 13.1 Å². The Hall–Kier alpha value is -2.31. The maximum Gasteiger partial charge on any atom is 0.127 e. The molecule has 1 atom stereocenters. The first-order valence-electron chi connectivity index (χ1n) is 7.33. The molecule has 0 spiro atoms. The van der Waals surface area contributed by atoms with Crippen LogP contribution < -0.4 is 4.74 Å². The van der Waals surface area contributed by atoms with Crippen LogP contribution in [-0.2, 0) is 0 Å². The van der Waals surface area contributed by atoms with E-state index in [2.05, 4.69) is 11.0 Å². The molecule has 3 nitrogen and oxygen atoms in total. The van der Waals surface area contributed by atoms with Gasteiger partial charge >= 0.3 is 0 Å². The van der Waals surface area contributed by atoms with Gasteiger partial charge in [0.1, 0.15) is 17.5 Å². The van der Waals surface area contributed by atoms with Crippen molar-refractivity contribution in [3.05, 3.63) is 60.2 Å². The maximum absolute atomic E-state index is 9.49. The summed E-state index contributed by atoms with van der Waals surface area (Å²) in [5.41, 5.74) is 1.01. The molecule has 0 bridgehead atoms. The zero-order chi connectivity index (χ0) is 14.5. The largest absolute Gasteiger partial charge is 0.457 e. The van der Waals surface area contributed by atoms with Gasteiger partial charge in [-0.15, -0.1) is 0 Å². The van der Waals surface area contributed by atoms with E-state index >= 15 is 0 Å². The monoisotopic (exact) mass is 278 g/mol. The van der Waals surface area contributed by atoms with Gasteiger partial charge in [0, 0.05) is 0 Å². The SMILES string of the molecule is N#CC(c1cccc(Oc2ccccc2)c1)N1CCCC1. The molecule has 1 fully saturated rings. The van der Waals surface area contributed by atoms with E-state index in [1.165, 1.54) is 12.8 Å². The highest BCUT2D eigenvalue weighted by atomic mass is 16.5. The van der Waals surface area contributed by atoms with Gasteiger partial charge in [-0.05, 0) is 55.8 Å². The number of benzene rings is 2. The van der Waals surface area contributed by atoms with Gasteiger partial charge in [-0.3, -0.25) is 4.90 Å². The molecule has 2 aromatic rings. The van der Waals surface area contributed by atoms with Crippen molar-refractivity contribution >= 4 is 0 Å². The van der Waals surface area contributed by atoms with Gasteiger partial charge in [0.25, 0.3) is 0 Å². The molecule has 0 aliphatic carbocycles. The molecule has 1 aliphatic heterocycles. The molecule has 21 heavy (non-hydrogen) atoms. The molecule has 0 amide bonds. The lowest BCUT2D eigenvalue weighted by atomic mass is 10.1. The minimum atomic E-state index is -0.174. The molecule has 1 saturated heterocycles. The van der Waals surface area contributed by atoms with Crippen LogP contribution >= 0.6 is 0 Å². The molecule has 1 unspecified atom stereocenters. The summed E-state index contributed by atoms with van der Waals surface area (Å²) in [4.78, 5) is 2.24. The Bertz CT molecular complexity index is 627. The highest BCUT2D eigenvalue weighted by Gasteiger charge is 2.23. The molecule has 0 saturated carbocycles. The molecule has 106 valence electrons. The minimum absolute atomic E-state index is 0.174. The minimum Gasteiger partial charge on any atom is -0.457 e. The average molecular weight is 278 g/mol. The number of ether oxygens (including phenoxy) is 1. The van der Waals surface area contributed by atoms with E-state index in [9.17, 15) is 5.26 Å². The second-order valence-electron chi connectivity index (χ2n) is 5.26. The van der Waals surface area contributed by atoms with E-state index < -0.39 is 0 Å². The van der Waals surface area contributed by atoms with Crippen LogP contribution in [0.5, 0.6) is 11.5 Å². The van der Waals surface area contributed by atoms with Crippen molar-refractivity contribution in [2.24, 2.45) is 0 Å². The number of hydrogen-bond acceptors (Lipinski definition) is 3. The fourth-order valence-electron chi connectivity index (χ4n) is 2.74. The van der Waals surface area contributed by atoms with Crippen LogP contribution in [0.15, 0.2) is 54.6 Å². The van der Waals surface area contributed by atoms with Crippen LogP contribution in [-0.4, -0.2) is 18.0 Å². The van der Waals surface area contributed by atoms with E-state index in [-0.39, 0.29) is 6.04 Å². The Kier molecular flexibility index (Phi) is 4.18. The standard InChI is InChI=1S/C18H18N2O/c19-14-18(20-11-4-5-12-20)15-7-6-10-17(13-15)21-16-8-2-1-3-9-16/h1-3,6-10,13,18H,4-5,11-12H2. The van der Waals surface area contributed by atoms with Crippen LogP contribution in [0.1, 0.15) is 24.4 Å². The van der Waals surface area contributed by atoms with Crippen molar-refractivity contribution in [1.82, 2.24) is 4.90 Å². The molecule has 2 aromatic carbocycles. The van der Waals surface area contributed by atoms with Gasteiger partial charge in [-0.2, -0.15) is 5.26 Å². The summed E-state index contributed by atoms with van der Waals surface area (Å²) in [6.45, 7) is 2.00. The Morgan fingerprint density at radius 1 is 0.952 bits per heavy atom. The molecular formula is C18H18N2O. The number of rotatable bonds is 4. The highest BCUT2D eigenvalue weighted by Crippen LogP contribution is 2.28. The Morgan fingerprint density at radius 2 is 1.67 bits per heavy atom. The topological polar surface area (TPSA) is 36.3 Å². The van der Waals surface area contributed by atoms with Crippen LogP contribution in [0.4, 0.5) is 0 Å². The first-order chi connectivity index (χ1) is 10.4. The van der Waals surface area contributed by atoms with Crippen molar-refractivity contribution < 1.29 is 4.74 Å². The van der Waals surface area contributed by atoms with E-state index in [1.54, 1.807) is 0 Å². The molecular weight excluding hydrogens is 260 g/mol. The van der Waals surface area contributed by atoms with E-state index in [0.29, 0.717) is 0 Å². The number of likely N-dealkylation sites (tertiary alicyclic amines) is 1. The maximum atomic E-state index is 9.49. The summed E-state index contributed by atoms with van der Waals surface area (Å²) < 4.78 is 5.85. The zero-order valence-electron chi connectivity index (χ0n) is 11.9. The van der Waals surface area contributed by atoms with Crippen molar-refractivity contribution in [3.8, 4) is 17.6 Å². The lowest BCUT2D eigenvalue weighted by molar-refractivity contribution is 0.294. The van der Waals surface area contributed by atoms with E-state index in [0.717, 1.165) is 30.2 Å². The number of nitriles is 1. The van der Waals surface area contributed by atoms with Crippen LogP contribution in [0.3, 0.4) is 0 Å². The molecule has 0 aromatic heterocycles. The predicted molar refractivity (Wildman–Crippen MR) is 82.1 cm³/mol. The lowest BCUT2D eigenvalue weighted by Crippen LogP contribution is -2.24. The molecule has 0 radical (unpaired) electrons.